The van der Waals surface area contributed by atoms with Crippen molar-refractivity contribution >= 4 is 31.7 Å². The van der Waals surface area contributed by atoms with Crippen molar-refractivity contribution in [2.75, 3.05) is 13.1 Å². The molecule has 0 spiro atoms. The summed E-state index contributed by atoms with van der Waals surface area (Å²) >= 11 is 3.37. The summed E-state index contributed by atoms with van der Waals surface area (Å²) in [6, 6.07) is 16.5. The van der Waals surface area contributed by atoms with Crippen LogP contribution in [0.3, 0.4) is 0 Å². The first kappa shape index (κ1) is 18.1. The number of likely N-dealkylation sites (tertiary alicyclic amines) is 1. The van der Waals surface area contributed by atoms with Gasteiger partial charge in [0, 0.05) is 23.1 Å². The van der Waals surface area contributed by atoms with E-state index in [-0.39, 0.29) is 16.9 Å². The zero-order chi connectivity index (χ0) is 17.9. The zero-order valence-corrected chi connectivity index (χ0v) is 16.2. The number of rotatable bonds is 4. The maximum atomic E-state index is 12.6. The maximum Gasteiger partial charge on any atom is 0.253 e. The topological polar surface area (TPSA) is 54.5 Å². The van der Waals surface area contributed by atoms with Crippen molar-refractivity contribution in [3.63, 3.8) is 0 Å². The van der Waals surface area contributed by atoms with Crippen molar-refractivity contribution in [3.05, 3.63) is 70.2 Å². The number of carbonyl (C=O) groups excluding carboxylic acids is 1. The van der Waals surface area contributed by atoms with Gasteiger partial charge in [-0.2, -0.15) is 0 Å². The molecule has 1 amide bonds. The molecule has 6 heteroatoms. The smallest absolute Gasteiger partial charge is 0.253 e. The van der Waals surface area contributed by atoms with E-state index in [9.17, 15) is 13.2 Å². The lowest BCUT2D eigenvalue weighted by Gasteiger charge is -2.32. The van der Waals surface area contributed by atoms with E-state index in [1.54, 1.807) is 17.0 Å². The van der Waals surface area contributed by atoms with E-state index in [4.69, 9.17) is 0 Å². The summed E-state index contributed by atoms with van der Waals surface area (Å²) in [5.74, 6) is 0.0261. The van der Waals surface area contributed by atoms with Gasteiger partial charge in [0.05, 0.1) is 11.0 Å². The molecule has 0 unspecified atom stereocenters. The minimum atomic E-state index is -3.20. The molecule has 0 aliphatic carbocycles. The molecule has 0 saturated carbocycles. The standard InChI is InChI=1S/C19H20BrNO3S/c20-17-8-4-7-16(13-17)19(22)21-11-9-18(10-12-21)25(23,24)14-15-5-2-1-3-6-15/h1-8,13,18H,9-12,14H2. The van der Waals surface area contributed by atoms with Gasteiger partial charge in [0.15, 0.2) is 9.84 Å². The van der Waals surface area contributed by atoms with Gasteiger partial charge in [-0.05, 0) is 36.6 Å². The van der Waals surface area contributed by atoms with Crippen LogP contribution in [0, 0.1) is 0 Å². The lowest BCUT2D eigenvalue weighted by Crippen LogP contribution is -2.42. The minimum Gasteiger partial charge on any atom is -0.339 e. The molecule has 1 aliphatic rings. The van der Waals surface area contributed by atoms with Gasteiger partial charge >= 0.3 is 0 Å². The normalized spacial score (nSPS) is 16.0. The quantitative estimate of drug-likeness (QED) is 0.756. The summed E-state index contributed by atoms with van der Waals surface area (Å²) in [5.41, 5.74) is 1.44. The Hall–Kier alpha value is -1.66. The number of benzene rings is 2. The average molecular weight is 422 g/mol. The summed E-state index contributed by atoms with van der Waals surface area (Å²) in [5, 5.41) is -0.376. The molecule has 1 heterocycles. The highest BCUT2D eigenvalue weighted by Gasteiger charge is 2.31. The second kappa shape index (κ2) is 7.70. The Labute approximate surface area is 156 Å². The molecule has 0 N–H and O–H groups in total. The molecular weight excluding hydrogens is 402 g/mol. The van der Waals surface area contributed by atoms with Gasteiger partial charge in [-0.1, -0.05) is 52.3 Å². The predicted molar refractivity (Wildman–Crippen MR) is 102 cm³/mol. The fraction of sp³-hybridized carbons (Fsp3) is 0.316. The number of hydrogen-bond acceptors (Lipinski definition) is 3. The first-order valence-electron chi connectivity index (χ1n) is 8.26. The Balaban J connectivity index is 1.62. The highest BCUT2D eigenvalue weighted by atomic mass is 79.9. The summed E-state index contributed by atoms with van der Waals surface area (Å²) in [6.07, 6.45) is 0.990. The second-order valence-electron chi connectivity index (χ2n) is 6.29. The van der Waals surface area contributed by atoms with Crippen LogP contribution in [-0.4, -0.2) is 37.6 Å². The van der Waals surface area contributed by atoms with Crippen molar-refractivity contribution in [3.8, 4) is 0 Å². The van der Waals surface area contributed by atoms with Crippen LogP contribution in [0.2, 0.25) is 0 Å². The molecule has 132 valence electrons. The zero-order valence-electron chi connectivity index (χ0n) is 13.8. The lowest BCUT2D eigenvalue weighted by atomic mass is 10.1. The van der Waals surface area contributed by atoms with E-state index in [2.05, 4.69) is 15.9 Å². The Morgan fingerprint density at radius 2 is 1.72 bits per heavy atom. The third-order valence-electron chi connectivity index (χ3n) is 4.52. The molecule has 0 bridgehead atoms. The lowest BCUT2D eigenvalue weighted by molar-refractivity contribution is 0.0725. The van der Waals surface area contributed by atoms with Gasteiger partial charge in [0.1, 0.15) is 0 Å². The van der Waals surface area contributed by atoms with Gasteiger partial charge in [0.25, 0.3) is 5.91 Å². The van der Waals surface area contributed by atoms with E-state index in [0.717, 1.165) is 10.0 Å². The molecule has 2 aromatic rings. The molecule has 4 nitrogen and oxygen atoms in total. The number of amides is 1. The highest BCUT2D eigenvalue weighted by molar-refractivity contribution is 9.10. The molecule has 0 atom stereocenters. The van der Waals surface area contributed by atoms with E-state index >= 15 is 0 Å². The van der Waals surface area contributed by atoms with E-state index in [1.807, 2.05) is 42.5 Å². The molecule has 3 rings (SSSR count). The van der Waals surface area contributed by atoms with E-state index in [0.29, 0.717) is 31.5 Å². The number of carbonyl (C=O) groups is 1. The van der Waals surface area contributed by atoms with Gasteiger partial charge in [-0.15, -0.1) is 0 Å². The Morgan fingerprint density at radius 1 is 1.04 bits per heavy atom. The number of nitrogens with zero attached hydrogens (tertiary/aromatic N) is 1. The monoisotopic (exact) mass is 421 g/mol. The maximum absolute atomic E-state index is 12.6. The minimum absolute atomic E-state index is 0.0415. The van der Waals surface area contributed by atoms with Crippen LogP contribution in [0.25, 0.3) is 0 Å². The molecule has 0 radical (unpaired) electrons. The van der Waals surface area contributed by atoms with Crippen LogP contribution in [-0.2, 0) is 15.6 Å². The van der Waals surface area contributed by atoms with Crippen LogP contribution >= 0.6 is 15.9 Å². The fourth-order valence-electron chi connectivity index (χ4n) is 3.15. The van der Waals surface area contributed by atoms with Gasteiger partial charge in [0.2, 0.25) is 0 Å². The Kier molecular flexibility index (Phi) is 5.59. The van der Waals surface area contributed by atoms with Gasteiger partial charge in [-0.3, -0.25) is 4.79 Å². The first-order valence-corrected chi connectivity index (χ1v) is 10.8. The number of halogens is 1. The third kappa shape index (κ3) is 4.50. The van der Waals surface area contributed by atoms with E-state index < -0.39 is 9.84 Å². The molecule has 1 aliphatic heterocycles. The molecule has 1 saturated heterocycles. The van der Waals surface area contributed by atoms with Crippen LogP contribution < -0.4 is 0 Å². The SMILES string of the molecule is O=C(c1cccc(Br)c1)N1CCC(S(=O)(=O)Cc2ccccc2)CC1. The molecular formula is C19H20BrNO3S. The van der Waals surface area contributed by atoms with Crippen LogP contribution in [0.4, 0.5) is 0 Å². The summed E-state index contributed by atoms with van der Waals surface area (Å²) in [7, 11) is -3.20. The number of sulfone groups is 1. The van der Waals surface area contributed by atoms with E-state index in [1.165, 1.54) is 0 Å². The predicted octanol–water partition coefficient (Wildman–Crippen LogP) is 3.67. The van der Waals surface area contributed by atoms with Crippen molar-refractivity contribution < 1.29 is 13.2 Å². The van der Waals surface area contributed by atoms with Crippen LogP contribution in [0.1, 0.15) is 28.8 Å². The van der Waals surface area contributed by atoms with Gasteiger partial charge in [-0.25, -0.2) is 8.42 Å². The fourth-order valence-corrected chi connectivity index (χ4v) is 5.37. The van der Waals surface area contributed by atoms with Crippen LogP contribution in [0.5, 0.6) is 0 Å². The highest BCUT2D eigenvalue weighted by Crippen LogP contribution is 2.23. The molecule has 0 aromatic heterocycles. The molecule has 1 fully saturated rings. The summed E-state index contributed by atoms with van der Waals surface area (Å²) in [6.45, 7) is 0.952. The van der Waals surface area contributed by atoms with Crippen molar-refractivity contribution in [2.24, 2.45) is 0 Å². The Morgan fingerprint density at radius 3 is 2.36 bits per heavy atom. The molecule has 2 aromatic carbocycles. The summed E-state index contributed by atoms with van der Waals surface area (Å²) in [4.78, 5) is 14.3. The third-order valence-corrected chi connectivity index (χ3v) is 7.24. The second-order valence-corrected chi connectivity index (χ2v) is 9.49. The molecule has 25 heavy (non-hydrogen) atoms. The summed E-state index contributed by atoms with van der Waals surface area (Å²) < 4.78 is 26.1. The van der Waals surface area contributed by atoms with Crippen molar-refractivity contribution in [1.82, 2.24) is 4.90 Å². The van der Waals surface area contributed by atoms with Crippen molar-refractivity contribution in [1.29, 1.82) is 0 Å². The largest absolute Gasteiger partial charge is 0.339 e. The Bertz CT molecular complexity index is 844. The average Bonchev–Trinajstić information content (AvgIpc) is 2.62. The van der Waals surface area contributed by atoms with Gasteiger partial charge < -0.3 is 4.90 Å². The number of hydrogen-bond donors (Lipinski definition) is 0. The number of piperidine rings is 1. The first-order chi connectivity index (χ1) is 12.0. The van der Waals surface area contributed by atoms with Crippen LogP contribution in [0.15, 0.2) is 59.1 Å². The van der Waals surface area contributed by atoms with Crippen molar-refractivity contribution in [2.45, 2.75) is 23.8 Å².